The molecule has 0 amide bonds. The molecule has 0 aliphatic carbocycles. The number of rotatable bonds is 12. The predicted molar refractivity (Wildman–Crippen MR) is 247 cm³/mol. The molecule has 0 radical (unpaired) electrons. The lowest BCUT2D eigenvalue weighted by molar-refractivity contribution is -0.389. The van der Waals surface area contributed by atoms with Crippen LogP contribution in [-0.2, 0) is 16.2 Å². The molecule has 0 saturated heterocycles. The van der Waals surface area contributed by atoms with E-state index in [0.717, 1.165) is 18.2 Å². The Morgan fingerprint density at radius 1 is 0.183 bits per heavy atom. The van der Waals surface area contributed by atoms with E-state index in [-0.39, 0.29) is 69.8 Å². The molecule has 0 aromatic heterocycles. The maximum Gasteiger partial charge on any atom is 0.416 e. The third-order valence-corrected chi connectivity index (χ3v) is 12.7. The quantitative estimate of drug-likeness (QED) is 0.0872. The van der Waals surface area contributed by atoms with Crippen molar-refractivity contribution in [3.8, 4) is 0 Å². The van der Waals surface area contributed by atoms with Crippen molar-refractivity contribution in [3.63, 3.8) is 0 Å². The molecule has 6 rings (SSSR count). The van der Waals surface area contributed by atoms with Crippen molar-refractivity contribution in [2.45, 2.75) is 71.8 Å². The molecule has 0 saturated carbocycles. The van der Waals surface area contributed by atoms with Crippen LogP contribution in [0.1, 0.15) is 50.1 Å². The fraction of sp³-hybridized carbons (Fsp3) is 0.222. The molecule has 28 heteroatoms. The third-order valence-electron chi connectivity index (χ3n) is 12.7. The van der Waals surface area contributed by atoms with E-state index in [1.165, 1.54) is 91.0 Å². The van der Waals surface area contributed by atoms with Crippen molar-refractivity contribution >= 4 is 53.5 Å². The van der Waals surface area contributed by atoms with Gasteiger partial charge in [0.25, 0.3) is 16.2 Å². The lowest BCUT2D eigenvalue weighted by Crippen LogP contribution is -2.63. The van der Waals surface area contributed by atoms with Gasteiger partial charge in [-0.25, -0.2) is 0 Å². The Morgan fingerprint density at radius 3 is 0.427 bits per heavy atom. The van der Waals surface area contributed by atoms with Crippen molar-refractivity contribution in [2.75, 3.05) is 4.90 Å². The number of halogens is 27. The standard InChI is InChI=1S/C54H30F27N/c55-46(56,57)43(47(58,59)60,48(61,62)63)37-19-7-31(8-20-37)1-4-34-13-25-40(26-14-34)82(41-27-15-35(16-28-41)5-2-32-9-21-38(22-10-32)44(49(64,65)66,50(67,68)69)51(70,71)72)42-29-17-36(18-30-42)6-3-33-11-23-39(24-12-33)45(52(73,74)75,53(76,77)78)54(79,80)81/h1-30H/b4-1+,5-2+,6-3+. The van der Waals surface area contributed by atoms with E-state index in [2.05, 4.69) is 0 Å². The number of hydrogen-bond donors (Lipinski definition) is 0. The molecule has 6 aromatic rings. The van der Waals surface area contributed by atoms with Gasteiger partial charge in [-0.3, -0.25) is 0 Å². The molecule has 1 nitrogen and oxygen atoms in total. The molecular weight excluding hydrogens is 1180 g/mol. The Hall–Kier alpha value is -7.55. The van der Waals surface area contributed by atoms with Crippen LogP contribution in [0, 0.1) is 0 Å². The lowest BCUT2D eigenvalue weighted by Gasteiger charge is -2.38. The molecule has 0 atom stereocenters. The smallest absolute Gasteiger partial charge is 0.311 e. The van der Waals surface area contributed by atoms with Gasteiger partial charge in [0.2, 0.25) is 0 Å². The van der Waals surface area contributed by atoms with Crippen molar-refractivity contribution in [3.05, 3.63) is 196 Å². The minimum absolute atomic E-state index is 0.0191. The molecule has 0 fully saturated rings. The van der Waals surface area contributed by atoms with Crippen LogP contribution in [0.2, 0.25) is 0 Å². The normalized spacial score (nSPS) is 14.4. The molecular formula is C54H30F27N. The van der Waals surface area contributed by atoms with Gasteiger partial charge in [0, 0.05) is 17.1 Å². The average Bonchev–Trinajstić information content (AvgIpc) is 1.57. The predicted octanol–water partition coefficient (Wildman–Crippen LogP) is 20.4. The maximum absolute atomic E-state index is 13.7. The molecule has 0 spiro atoms. The Kier molecular flexibility index (Phi) is 16.8. The number of alkyl halides is 27. The molecule has 82 heavy (non-hydrogen) atoms. The molecule has 0 N–H and O–H groups in total. The van der Waals surface area contributed by atoms with Crippen molar-refractivity contribution in [2.24, 2.45) is 0 Å². The van der Waals surface area contributed by atoms with Gasteiger partial charge in [-0.15, -0.1) is 0 Å². The van der Waals surface area contributed by atoms with Crippen LogP contribution in [0.15, 0.2) is 146 Å². The monoisotopic (exact) mass is 1210 g/mol. The Morgan fingerprint density at radius 2 is 0.305 bits per heavy atom. The molecule has 0 aliphatic heterocycles. The summed E-state index contributed by atoms with van der Waals surface area (Å²) in [5.74, 6) is 0. The zero-order valence-electron chi connectivity index (χ0n) is 40.0. The second-order valence-corrected chi connectivity index (χ2v) is 17.7. The lowest BCUT2D eigenvalue weighted by atomic mass is 9.77. The summed E-state index contributed by atoms with van der Waals surface area (Å²) in [7, 11) is 0. The molecule has 0 aliphatic rings. The summed E-state index contributed by atoms with van der Waals surface area (Å²) in [5, 5.41) is 0. The van der Waals surface area contributed by atoms with Crippen LogP contribution >= 0.6 is 0 Å². The van der Waals surface area contributed by atoms with Crippen LogP contribution < -0.4 is 4.90 Å². The van der Waals surface area contributed by atoms with Crippen molar-refractivity contribution in [1.82, 2.24) is 0 Å². The highest BCUT2D eigenvalue weighted by Crippen LogP contribution is 2.63. The number of hydrogen-bond acceptors (Lipinski definition) is 1. The van der Waals surface area contributed by atoms with Crippen molar-refractivity contribution < 1.29 is 119 Å². The largest absolute Gasteiger partial charge is 0.416 e. The van der Waals surface area contributed by atoms with E-state index in [1.807, 2.05) is 0 Å². The van der Waals surface area contributed by atoms with E-state index < -0.39 is 88.5 Å². The second-order valence-electron chi connectivity index (χ2n) is 17.7. The first kappa shape index (κ1) is 63.6. The topological polar surface area (TPSA) is 3.24 Å². The summed E-state index contributed by atoms with van der Waals surface area (Å²) in [6.07, 6.45) is -54.5. The summed E-state index contributed by atoms with van der Waals surface area (Å²) in [6.45, 7) is 0. The number of nitrogens with zero attached hydrogens (tertiary/aromatic N) is 1. The van der Waals surface area contributed by atoms with Gasteiger partial charge in [-0.05, 0) is 86.5 Å². The molecule has 6 aromatic carbocycles. The first-order valence-electron chi connectivity index (χ1n) is 22.4. The van der Waals surface area contributed by atoms with E-state index in [0.29, 0.717) is 53.5 Å². The van der Waals surface area contributed by atoms with E-state index >= 15 is 0 Å². The maximum atomic E-state index is 13.7. The van der Waals surface area contributed by atoms with Crippen LogP contribution in [0.25, 0.3) is 36.5 Å². The fourth-order valence-electron chi connectivity index (χ4n) is 8.68. The van der Waals surface area contributed by atoms with E-state index in [9.17, 15) is 119 Å². The molecule has 0 bridgehead atoms. The minimum atomic E-state index is -6.86. The summed E-state index contributed by atoms with van der Waals surface area (Å²) in [6, 6.07) is 20.9. The van der Waals surface area contributed by atoms with Crippen LogP contribution in [-0.4, -0.2) is 55.6 Å². The highest BCUT2D eigenvalue weighted by molar-refractivity contribution is 5.81. The first-order chi connectivity index (χ1) is 37.4. The van der Waals surface area contributed by atoms with Crippen LogP contribution in [0.4, 0.5) is 136 Å². The van der Waals surface area contributed by atoms with Gasteiger partial charge >= 0.3 is 55.6 Å². The SMILES string of the molecule is FC(F)(F)C(c1ccc(/C=C/c2ccc(N(c3ccc(/C=C/c4ccc(C(C(F)(F)F)(C(F)(F)F)C(F)(F)F)cc4)cc3)c3ccc(/C=C/c4ccc(C(C(F)(F)F)(C(F)(F)F)C(F)(F)F)cc4)cc3)cc2)cc1)(C(F)(F)F)C(F)(F)F. The van der Waals surface area contributed by atoms with Gasteiger partial charge < -0.3 is 4.90 Å². The van der Waals surface area contributed by atoms with Crippen molar-refractivity contribution in [1.29, 1.82) is 0 Å². The molecule has 440 valence electrons. The van der Waals surface area contributed by atoms with Gasteiger partial charge in [0.15, 0.2) is 0 Å². The number of benzene rings is 6. The van der Waals surface area contributed by atoms with Gasteiger partial charge in [0.05, 0.1) is 0 Å². The zero-order valence-corrected chi connectivity index (χ0v) is 40.0. The zero-order chi connectivity index (χ0) is 61.7. The molecule has 0 unspecified atom stereocenters. The van der Waals surface area contributed by atoms with Gasteiger partial charge in [-0.2, -0.15) is 119 Å². The Labute approximate surface area is 443 Å². The average molecular weight is 1210 g/mol. The third kappa shape index (κ3) is 11.6. The summed E-state index contributed by atoms with van der Waals surface area (Å²) in [4.78, 5) is 1.54. The van der Waals surface area contributed by atoms with E-state index in [1.54, 1.807) is 4.90 Å². The minimum Gasteiger partial charge on any atom is -0.311 e. The van der Waals surface area contributed by atoms with Gasteiger partial charge in [-0.1, -0.05) is 146 Å². The summed E-state index contributed by atoms with van der Waals surface area (Å²) >= 11 is 0. The van der Waals surface area contributed by atoms with Crippen LogP contribution in [0.5, 0.6) is 0 Å². The highest BCUT2D eigenvalue weighted by atomic mass is 19.5. The highest BCUT2D eigenvalue weighted by Gasteiger charge is 2.86. The van der Waals surface area contributed by atoms with Gasteiger partial charge in [0.1, 0.15) is 0 Å². The number of anilines is 3. The molecule has 0 heterocycles. The second kappa shape index (κ2) is 21.6. The summed E-state index contributed by atoms with van der Waals surface area (Å²) in [5.41, 5.74) is -23.8. The Bertz CT molecular complexity index is 2750. The fourth-order valence-corrected chi connectivity index (χ4v) is 8.68. The summed E-state index contributed by atoms with van der Waals surface area (Å²) < 4.78 is 369. The van der Waals surface area contributed by atoms with E-state index in [4.69, 9.17) is 0 Å². The first-order valence-corrected chi connectivity index (χ1v) is 22.4. The van der Waals surface area contributed by atoms with Crippen LogP contribution in [0.3, 0.4) is 0 Å². The Balaban J connectivity index is 1.32.